The van der Waals surface area contributed by atoms with Crippen LogP contribution in [0.25, 0.3) is 0 Å². The number of rotatable bonds is 3. The van der Waals surface area contributed by atoms with Gasteiger partial charge in [0.05, 0.1) is 10.2 Å². The van der Waals surface area contributed by atoms with Crippen molar-refractivity contribution < 1.29 is 4.79 Å². The number of hydrogen-bond donors (Lipinski definition) is 2. The summed E-state index contributed by atoms with van der Waals surface area (Å²) in [5, 5.41) is 6.37. The van der Waals surface area contributed by atoms with Crippen LogP contribution in [-0.2, 0) is 11.2 Å². The maximum atomic E-state index is 11.7. The molecule has 0 saturated carbocycles. The third-order valence-electron chi connectivity index (χ3n) is 2.67. The number of carbonyl (C=O) groups is 1. The summed E-state index contributed by atoms with van der Waals surface area (Å²) in [5.74, 6) is 0.140. The lowest BCUT2D eigenvalue weighted by atomic mass is 10.1. The second-order valence-corrected chi connectivity index (χ2v) is 6.52. The van der Waals surface area contributed by atoms with Crippen molar-refractivity contribution in [3.63, 3.8) is 0 Å². The molecular weight excluding hydrogens is 324 g/mol. The quantitative estimate of drug-likeness (QED) is 0.887. The molecule has 0 spiro atoms. The van der Waals surface area contributed by atoms with Crippen LogP contribution in [0.4, 0.5) is 0 Å². The van der Waals surface area contributed by atoms with Gasteiger partial charge in [-0.15, -0.1) is 23.7 Å². The number of halogens is 2. The van der Waals surface area contributed by atoms with E-state index in [1.807, 2.05) is 12.1 Å². The van der Waals surface area contributed by atoms with E-state index in [2.05, 4.69) is 26.6 Å². The van der Waals surface area contributed by atoms with E-state index in [9.17, 15) is 4.79 Å². The van der Waals surface area contributed by atoms with E-state index in [4.69, 9.17) is 0 Å². The van der Waals surface area contributed by atoms with Gasteiger partial charge in [-0.25, -0.2) is 0 Å². The van der Waals surface area contributed by atoms with Gasteiger partial charge in [0.1, 0.15) is 0 Å². The van der Waals surface area contributed by atoms with Gasteiger partial charge in [-0.1, -0.05) is 0 Å². The smallest absolute Gasteiger partial charge is 0.225 e. The van der Waals surface area contributed by atoms with Gasteiger partial charge in [-0.05, 0) is 54.0 Å². The highest BCUT2D eigenvalue weighted by atomic mass is 79.9. The molecule has 1 aromatic heterocycles. The Kier molecular flexibility index (Phi) is 6.48. The van der Waals surface area contributed by atoms with Gasteiger partial charge in [0, 0.05) is 10.9 Å². The normalized spacial score (nSPS) is 16.3. The molecule has 1 amide bonds. The summed E-state index contributed by atoms with van der Waals surface area (Å²) in [5.41, 5.74) is 0. The highest BCUT2D eigenvalue weighted by molar-refractivity contribution is 9.11. The summed E-state index contributed by atoms with van der Waals surface area (Å²) in [6.45, 7) is 2.02. The molecule has 0 aliphatic carbocycles. The lowest BCUT2D eigenvalue weighted by molar-refractivity contribution is -0.121. The van der Waals surface area contributed by atoms with Crippen LogP contribution >= 0.6 is 39.7 Å². The monoisotopic (exact) mass is 338 g/mol. The fourth-order valence-electron chi connectivity index (χ4n) is 1.85. The van der Waals surface area contributed by atoms with E-state index in [1.54, 1.807) is 11.3 Å². The Labute approximate surface area is 120 Å². The van der Waals surface area contributed by atoms with Crippen LogP contribution < -0.4 is 10.6 Å². The van der Waals surface area contributed by atoms with Gasteiger partial charge >= 0.3 is 0 Å². The van der Waals surface area contributed by atoms with Crippen molar-refractivity contribution in [2.45, 2.75) is 25.3 Å². The summed E-state index contributed by atoms with van der Waals surface area (Å²) >= 11 is 5.02. The molecule has 96 valence electrons. The number of thiophene rings is 1. The van der Waals surface area contributed by atoms with Crippen LogP contribution in [0.3, 0.4) is 0 Å². The second-order valence-electron chi connectivity index (χ2n) is 3.97. The zero-order valence-corrected chi connectivity index (χ0v) is 12.6. The Bertz CT molecular complexity index is 366. The number of piperidine rings is 1. The number of nitrogens with one attached hydrogen (secondary N) is 2. The molecule has 1 aliphatic rings. The molecule has 6 heteroatoms. The predicted molar refractivity (Wildman–Crippen MR) is 77.0 cm³/mol. The standard InChI is InChI=1S/C11H15BrN2OS.ClH/c12-10-2-1-9(16-10)7-11(15)14-8-3-5-13-6-4-8;/h1-2,8,13H,3-7H2,(H,14,15);1H. The van der Waals surface area contributed by atoms with Crippen LogP contribution in [0.1, 0.15) is 17.7 Å². The molecule has 0 aromatic carbocycles. The van der Waals surface area contributed by atoms with Gasteiger partial charge < -0.3 is 10.6 Å². The van der Waals surface area contributed by atoms with Crippen LogP contribution in [0.2, 0.25) is 0 Å². The molecule has 0 radical (unpaired) electrons. The molecule has 0 atom stereocenters. The maximum Gasteiger partial charge on any atom is 0.225 e. The first-order chi connectivity index (χ1) is 7.74. The fourth-order valence-corrected chi connectivity index (χ4v) is 3.33. The molecule has 2 rings (SSSR count). The molecule has 3 nitrogen and oxygen atoms in total. The van der Waals surface area contributed by atoms with Gasteiger partial charge in [-0.2, -0.15) is 0 Å². The first-order valence-electron chi connectivity index (χ1n) is 5.48. The lowest BCUT2D eigenvalue weighted by Gasteiger charge is -2.23. The number of hydrogen-bond acceptors (Lipinski definition) is 3. The van der Waals surface area contributed by atoms with Gasteiger partial charge in [0.15, 0.2) is 0 Å². The van der Waals surface area contributed by atoms with E-state index >= 15 is 0 Å². The van der Waals surface area contributed by atoms with Crippen molar-refractivity contribution in [3.8, 4) is 0 Å². The minimum Gasteiger partial charge on any atom is -0.353 e. The minimum atomic E-state index is 0. The van der Waals surface area contributed by atoms with Gasteiger partial charge in [0.25, 0.3) is 0 Å². The van der Waals surface area contributed by atoms with E-state index in [0.717, 1.165) is 34.6 Å². The topological polar surface area (TPSA) is 41.1 Å². The van der Waals surface area contributed by atoms with Crippen molar-refractivity contribution in [3.05, 3.63) is 20.8 Å². The summed E-state index contributed by atoms with van der Waals surface area (Å²) < 4.78 is 1.08. The Morgan fingerprint density at radius 1 is 1.47 bits per heavy atom. The molecule has 0 unspecified atom stereocenters. The van der Waals surface area contributed by atoms with E-state index in [1.165, 1.54) is 0 Å². The third-order valence-corrected chi connectivity index (χ3v) is 4.29. The van der Waals surface area contributed by atoms with Crippen molar-refractivity contribution in [2.75, 3.05) is 13.1 Å². The zero-order valence-electron chi connectivity index (χ0n) is 9.37. The maximum absolute atomic E-state index is 11.7. The van der Waals surface area contributed by atoms with Crippen molar-refractivity contribution in [2.24, 2.45) is 0 Å². The second kappa shape index (κ2) is 7.36. The van der Waals surface area contributed by atoms with Crippen LogP contribution in [-0.4, -0.2) is 25.0 Å². The van der Waals surface area contributed by atoms with Crippen molar-refractivity contribution in [1.82, 2.24) is 10.6 Å². The largest absolute Gasteiger partial charge is 0.353 e. The Morgan fingerprint density at radius 2 is 2.18 bits per heavy atom. The molecule has 1 saturated heterocycles. The molecule has 17 heavy (non-hydrogen) atoms. The summed E-state index contributed by atoms with van der Waals surface area (Å²) in [6, 6.07) is 4.34. The molecule has 1 fully saturated rings. The lowest BCUT2D eigenvalue weighted by Crippen LogP contribution is -2.43. The van der Waals surface area contributed by atoms with E-state index in [-0.39, 0.29) is 18.3 Å². The van der Waals surface area contributed by atoms with Crippen LogP contribution in [0.5, 0.6) is 0 Å². The number of carbonyl (C=O) groups excluding carboxylic acids is 1. The number of amides is 1. The molecule has 1 aliphatic heterocycles. The highest BCUT2D eigenvalue weighted by Crippen LogP contribution is 2.22. The predicted octanol–water partition coefficient (Wildman–Crippen LogP) is 2.34. The Hall–Kier alpha value is -0.100. The molecule has 0 bridgehead atoms. The fraction of sp³-hybridized carbons (Fsp3) is 0.545. The van der Waals surface area contributed by atoms with Gasteiger partial charge in [0.2, 0.25) is 5.91 Å². The van der Waals surface area contributed by atoms with Crippen molar-refractivity contribution in [1.29, 1.82) is 0 Å². The van der Waals surface area contributed by atoms with Gasteiger partial charge in [-0.3, -0.25) is 4.79 Å². The average Bonchev–Trinajstić information content (AvgIpc) is 2.65. The molecule has 2 heterocycles. The third kappa shape index (κ3) is 4.95. The minimum absolute atomic E-state index is 0. The Morgan fingerprint density at radius 3 is 2.76 bits per heavy atom. The first kappa shape index (κ1) is 15.0. The molecule has 2 N–H and O–H groups in total. The molecular formula is C11H16BrClN2OS. The van der Waals surface area contributed by atoms with Crippen molar-refractivity contribution >= 4 is 45.6 Å². The first-order valence-corrected chi connectivity index (χ1v) is 7.09. The highest BCUT2D eigenvalue weighted by Gasteiger charge is 2.15. The summed E-state index contributed by atoms with van der Waals surface area (Å²) in [4.78, 5) is 12.9. The van der Waals surface area contributed by atoms with E-state index in [0.29, 0.717) is 12.5 Å². The SMILES string of the molecule is Cl.O=C(Cc1ccc(Br)s1)NC1CCNCC1. The summed E-state index contributed by atoms with van der Waals surface area (Å²) in [7, 11) is 0. The summed E-state index contributed by atoms with van der Waals surface area (Å²) in [6.07, 6.45) is 2.58. The zero-order chi connectivity index (χ0) is 11.4. The molecule has 1 aromatic rings. The Balaban J connectivity index is 0.00000144. The van der Waals surface area contributed by atoms with Crippen LogP contribution in [0.15, 0.2) is 15.9 Å². The van der Waals surface area contributed by atoms with E-state index < -0.39 is 0 Å². The average molecular weight is 340 g/mol. The van der Waals surface area contributed by atoms with Crippen LogP contribution in [0, 0.1) is 0 Å².